The lowest BCUT2D eigenvalue weighted by Crippen LogP contribution is -2.49. The van der Waals surface area contributed by atoms with E-state index in [-0.39, 0.29) is 6.61 Å². The fourth-order valence-corrected chi connectivity index (χ4v) is 3.30. The van der Waals surface area contributed by atoms with E-state index in [1.807, 2.05) is 0 Å². The Morgan fingerprint density at radius 2 is 1.79 bits per heavy atom. The third-order valence-corrected chi connectivity index (χ3v) is 4.29. The van der Waals surface area contributed by atoms with Crippen molar-refractivity contribution in [2.75, 3.05) is 6.61 Å². The maximum atomic E-state index is 14.2. The molecule has 0 aliphatic rings. The number of halogens is 5. The van der Waals surface area contributed by atoms with E-state index in [2.05, 4.69) is 8.85 Å². The van der Waals surface area contributed by atoms with E-state index in [1.54, 1.807) is 18.2 Å². The lowest BCUT2D eigenvalue weighted by molar-refractivity contribution is -0.270. The highest BCUT2D eigenvalue weighted by Crippen LogP contribution is 2.31. The molecule has 19 heavy (non-hydrogen) atoms. The van der Waals surface area contributed by atoms with Gasteiger partial charge in [-0.05, 0) is 12.5 Å². The molecule has 1 aromatic rings. The fourth-order valence-electron chi connectivity index (χ4n) is 1.42. The van der Waals surface area contributed by atoms with Crippen molar-refractivity contribution >= 4 is 8.89 Å². The van der Waals surface area contributed by atoms with Gasteiger partial charge in [-0.2, -0.15) is 8.78 Å². The molecule has 0 aromatic heterocycles. The van der Waals surface area contributed by atoms with Gasteiger partial charge in [-0.3, -0.25) is 0 Å². The third-order valence-electron chi connectivity index (χ3n) is 2.16. The zero-order valence-electron chi connectivity index (χ0n) is 10.1. The van der Waals surface area contributed by atoms with Gasteiger partial charge < -0.3 is 8.85 Å². The summed E-state index contributed by atoms with van der Waals surface area (Å²) in [6.07, 6.45) is -8.96. The molecule has 0 spiro atoms. The number of alkyl halides is 4. The predicted molar refractivity (Wildman–Crippen MR) is 60.7 cm³/mol. The van der Waals surface area contributed by atoms with Crippen LogP contribution in [-0.2, 0) is 14.9 Å². The lowest BCUT2D eigenvalue weighted by Gasteiger charge is -2.26. The molecular weight excluding hydrogens is 287 g/mol. The van der Waals surface area contributed by atoms with Crippen molar-refractivity contribution in [1.82, 2.24) is 0 Å². The van der Waals surface area contributed by atoms with E-state index < -0.39 is 27.5 Å². The first-order chi connectivity index (χ1) is 8.79. The van der Waals surface area contributed by atoms with Crippen LogP contribution in [0, 0.1) is 0 Å². The van der Waals surface area contributed by atoms with Crippen LogP contribution in [0.2, 0.25) is 0 Å². The zero-order chi connectivity index (χ0) is 14.5. The minimum absolute atomic E-state index is 0.241. The van der Waals surface area contributed by atoms with Crippen molar-refractivity contribution in [3.05, 3.63) is 35.9 Å². The Bertz CT molecular complexity index is 390. The number of rotatable bonds is 7. The molecule has 1 rings (SSSR count). The van der Waals surface area contributed by atoms with Gasteiger partial charge >= 0.3 is 21.4 Å². The number of hydrogen-bond acceptors (Lipinski definition) is 2. The Kier molecular flexibility index (Phi) is 5.45. The maximum Gasteiger partial charge on any atom is 0.548 e. The first-order valence-corrected chi connectivity index (χ1v) is 7.42. The molecule has 8 heteroatoms. The summed E-state index contributed by atoms with van der Waals surface area (Å²) in [6, 6.07) is 7.17. The van der Waals surface area contributed by atoms with Crippen molar-refractivity contribution in [2.45, 2.75) is 25.5 Å². The Balaban J connectivity index is 2.85. The minimum atomic E-state index is -4.92. The summed E-state index contributed by atoms with van der Waals surface area (Å²) in [4.78, 5) is 0. The molecule has 0 N–H and O–H groups in total. The van der Waals surface area contributed by atoms with Gasteiger partial charge in [0.1, 0.15) is 0 Å². The van der Waals surface area contributed by atoms with Gasteiger partial charge in [0.05, 0.1) is 0 Å². The fraction of sp³-hybridized carbons (Fsp3) is 0.455. The second kappa shape index (κ2) is 6.44. The average molecular weight is 300 g/mol. The molecule has 0 aliphatic heterocycles. The summed E-state index contributed by atoms with van der Waals surface area (Å²) < 4.78 is 72.2. The monoisotopic (exact) mass is 300 g/mol. The summed E-state index contributed by atoms with van der Waals surface area (Å²) in [5, 5.41) is 0. The van der Waals surface area contributed by atoms with Crippen LogP contribution in [0.3, 0.4) is 0 Å². The Morgan fingerprint density at radius 1 is 1.21 bits per heavy atom. The summed E-state index contributed by atoms with van der Waals surface area (Å²) >= 11 is 0. The number of benzene rings is 1. The van der Waals surface area contributed by atoms with E-state index in [9.17, 15) is 21.7 Å². The molecular formula is C11H13F5O2Si. The molecule has 0 radical (unpaired) electrons. The molecule has 0 saturated carbocycles. The average Bonchev–Trinajstić information content (AvgIpc) is 2.29. The lowest BCUT2D eigenvalue weighted by atomic mass is 10.2. The quantitative estimate of drug-likeness (QED) is 0.435. The van der Waals surface area contributed by atoms with E-state index in [4.69, 9.17) is 0 Å². The van der Waals surface area contributed by atoms with Crippen LogP contribution < -0.4 is 0 Å². The Hall–Kier alpha value is -0.993. The van der Waals surface area contributed by atoms with Crippen LogP contribution in [-0.4, -0.2) is 28.0 Å². The molecule has 1 aromatic carbocycles. The third kappa shape index (κ3) is 4.88. The SMILES string of the molecule is CCO[Si](F)(Cc1ccccc1)OC(F)(F)C(F)F. The first-order valence-electron chi connectivity index (χ1n) is 5.52. The standard InChI is InChI=1S/C11H13F5O2Si/c1-2-17-19(16,18-11(14,15)10(12)13)8-9-6-4-3-5-7-9/h3-7,10H,2,8H2,1H3. The second-order valence-corrected chi connectivity index (χ2v) is 5.89. The second-order valence-electron chi connectivity index (χ2n) is 3.72. The molecule has 0 heterocycles. The van der Waals surface area contributed by atoms with Gasteiger partial charge in [-0.1, -0.05) is 30.3 Å². The summed E-state index contributed by atoms with van der Waals surface area (Å²) in [7, 11) is -4.92. The molecule has 108 valence electrons. The van der Waals surface area contributed by atoms with Crippen molar-refractivity contribution in [3.63, 3.8) is 0 Å². The highest BCUT2D eigenvalue weighted by Gasteiger charge is 2.54. The summed E-state index contributed by atoms with van der Waals surface area (Å²) in [5.74, 6) is 0. The topological polar surface area (TPSA) is 18.5 Å². The number of hydrogen-bond donors (Lipinski definition) is 0. The highest BCUT2D eigenvalue weighted by atomic mass is 28.4. The molecule has 2 nitrogen and oxygen atoms in total. The molecule has 0 amide bonds. The van der Waals surface area contributed by atoms with Crippen LogP contribution >= 0.6 is 0 Å². The summed E-state index contributed by atoms with van der Waals surface area (Å²) in [5.41, 5.74) is 0.343. The van der Waals surface area contributed by atoms with Crippen molar-refractivity contribution < 1.29 is 30.5 Å². The first kappa shape index (κ1) is 16.1. The van der Waals surface area contributed by atoms with E-state index in [0.29, 0.717) is 5.56 Å². The van der Waals surface area contributed by atoms with Gasteiger partial charge in [0.15, 0.2) is 0 Å². The normalized spacial score (nSPS) is 15.5. The van der Waals surface area contributed by atoms with Crippen molar-refractivity contribution in [1.29, 1.82) is 0 Å². The Morgan fingerprint density at radius 3 is 2.26 bits per heavy atom. The molecule has 0 saturated heterocycles. The van der Waals surface area contributed by atoms with Crippen LogP contribution in [0.5, 0.6) is 0 Å². The van der Waals surface area contributed by atoms with Gasteiger partial charge in [0, 0.05) is 12.7 Å². The van der Waals surface area contributed by atoms with Crippen LogP contribution in [0.15, 0.2) is 30.3 Å². The Labute approximate surface area is 108 Å². The van der Waals surface area contributed by atoms with E-state index >= 15 is 0 Å². The van der Waals surface area contributed by atoms with Crippen LogP contribution in [0.25, 0.3) is 0 Å². The van der Waals surface area contributed by atoms with Gasteiger partial charge in [0.2, 0.25) is 0 Å². The molecule has 1 atom stereocenters. The summed E-state index contributed by atoms with van der Waals surface area (Å²) in [6.45, 7) is 1.13. The van der Waals surface area contributed by atoms with Crippen molar-refractivity contribution in [2.24, 2.45) is 0 Å². The highest BCUT2D eigenvalue weighted by molar-refractivity contribution is 6.59. The molecule has 0 fully saturated rings. The molecule has 0 aliphatic carbocycles. The van der Waals surface area contributed by atoms with Crippen LogP contribution in [0.1, 0.15) is 12.5 Å². The molecule has 0 bridgehead atoms. The van der Waals surface area contributed by atoms with E-state index in [0.717, 1.165) is 0 Å². The zero-order valence-corrected chi connectivity index (χ0v) is 11.1. The van der Waals surface area contributed by atoms with Gasteiger partial charge in [-0.25, -0.2) is 12.9 Å². The van der Waals surface area contributed by atoms with E-state index in [1.165, 1.54) is 19.1 Å². The molecule has 1 unspecified atom stereocenters. The van der Waals surface area contributed by atoms with Crippen molar-refractivity contribution in [3.8, 4) is 0 Å². The smallest absolute Gasteiger partial charge is 0.371 e. The van der Waals surface area contributed by atoms with Gasteiger partial charge in [-0.15, -0.1) is 0 Å². The van der Waals surface area contributed by atoms with Gasteiger partial charge in [0.25, 0.3) is 0 Å². The predicted octanol–water partition coefficient (Wildman–Crippen LogP) is 3.59. The largest absolute Gasteiger partial charge is 0.548 e. The minimum Gasteiger partial charge on any atom is -0.371 e. The maximum absolute atomic E-state index is 14.2. The van der Waals surface area contributed by atoms with Crippen LogP contribution in [0.4, 0.5) is 21.7 Å².